The number of ether oxygens (including phenoxy) is 3. The molecule has 0 radical (unpaired) electrons. The zero-order chi connectivity index (χ0) is 19.9. The van der Waals surface area contributed by atoms with Crippen molar-refractivity contribution in [2.24, 2.45) is 0 Å². The second-order valence-corrected chi connectivity index (χ2v) is 6.49. The van der Waals surface area contributed by atoms with Crippen molar-refractivity contribution in [3.8, 4) is 17.0 Å². The lowest BCUT2D eigenvalue weighted by atomic mass is 10.1. The topological polar surface area (TPSA) is 89.5 Å². The van der Waals surface area contributed by atoms with E-state index in [9.17, 15) is 0 Å². The third-order valence-corrected chi connectivity index (χ3v) is 4.56. The standard InChI is InChI=1S/C22H23N3O4/c26-7-8-27-9-10-28-11-12-29-22-4-2-17(14-24-22)16-1-3-18-19-15-23-6-5-20(19)25-21(18)13-16/h1-6,13-15,25-26H,7-12H2. The summed E-state index contributed by atoms with van der Waals surface area (Å²) in [6.45, 7) is 2.17. The van der Waals surface area contributed by atoms with Gasteiger partial charge in [0.05, 0.1) is 33.0 Å². The summed E-state index contributed by atoms with van der Waals surface area (Å²) in [6, 6.07) is 12.2. The minimum absolute atomic E-state index is 0.0257. The zero-order valence-electron chi connectivity index (χ0n) is 16.0. The van der Waals surface area contributed by atoms with E-state index in [0.717, 1.165) is 32.9 Å². The van der Waals surface area contributed by atoms with Gasteiger partial charge in [0, 0.05) is 52.0 Å². The van der Waals surface area contributed by atoms with E-state index in [1.807, 2.05) is 30.6 Å². The number of benzene rings is 1. The van der Waals surface area contributed by atoms with E-state index in [0.29, 0.717) is 38.9 Å². The van der Waals surface area contributed by atoms with Crippen LogP contribution in [0.5, 0.6) is 5.88 Å². The van der Waals surface area contributed by atoms with Crippen LogP contribution in [0, 0.1) is 0 Å². The average Bonchev–Trinajstić information content (AvgIpc) is 3.14. The summed E-state index contributed by atoms with van der Waals surface area (Å²) >= 11 is 0. The largest absolute Gasteiger partial charge is 0.475 e. The molecule has 0 saturated heterocycles. The molecule has 4 aromatic rings. The van der Waals surface area contributed by atoms with Crippen LogP contribution in [0.25, 0.3) is 32.9 Å². The molecule has 0 unspecified atom stereocenters. The Bertz CT molecular complexity index is 1060. The van der Waals surface area contributed by atoms with Crippen LogP contribution in [0.1, 0.15) is 0 Å². The number of aliphatic hydroxyl groups excluding tert-OH is 1. The van der Waals surface area contributed by atoms with Crippen LogP contribution in [-0.2, 0) is 9.47 Å². The molecule has 2 N–H and O–H groups in total. The second kappa shape index (κ2) is 9.47. The van der Waals surface area contributed by atoms with Crippen LogP contribution in [-0.4, -0.2) is 59.7 Å². The summed E-state index contributed by atoms with van der Waals surface area (Å²) in [7, 11) is 0. The van der Waals surface area contributed by atoms with Crippen LogP contribution in [0.3, 0.4) is 0 Å². The third-order valence-electron chi connectivity index (χ3n) is 4.56. The smallest absolute Gasteiger partial charge is 0.213 e. The van der Waals surface area contributed by atoms with Gasteiger partial charge in [-0.15, -0.1) is 0 Å². The Labute approximate surface area is 168 Å². The molecule has 1 aromatic carbocycles. The van der Waals surface area contributed by atoms with Crippen LogP contribution in [0.15, 0.2) is 55.0 Å². The molecule has 7 nitrogen and oxygen atoms in total. The van der Waals surface area contributed by atoms with Gasteiger partial charge in [0.1, 0.15) is 6.61 Å². The Morgan fingerprint density at radius 3 is 2.45 bits per heavy atom. The lowest BCUT2D eigenvalue weighted by molar-refractivity contribution is 0.0243. The molecule has 7 heteroatoms. The predicted octanol–water partition coefficient (Wildman–Crippen LogP) is 3.18. The number of pyridine rings is 2. The molecular weight excluding hydrogens is 370 g/mol. The van der Waals surface area contributed by atoms with Gasteiger partial charge < -0.3 is 24.3 Å². The number of aromatic nitrogens is 3. The van der Waals surface area contributed by atoms with E-state index < -0.39 is 0 Å². The maximum Gasteiger partial charge on any atom is 0.213 e. The molecule has 3 heterocycles. The second-order valence-electron chi connectivity index (χ2n) is 6.49. The summed E-state index contributed by atoms with van der Waals surface area (Å²) in [5, 5.41) is 10.9. The van der Waals surface area contributed by atoms with Gasteiger partial charge in [-0.05, 0) is 23.8 Å². The number of aliphatic hydroxyl groups is 1. The minimum Gasteiger partial charge on any atom is -0.475 e. The predicted molar refractivity (Wildman–Crippen MR) is 111 cm³/mol. The molecule has 0 aliphatic heterocycles. The number of hydrogen-bond acceptors (Lipinski definition) is 6. The summed E-state index contributed by atoms with van der Waals surface area (Å²) in [5.74, 6) is 0.562. The summed E-state index contributed by atoms with van der Waals surface area (Å²) < 4.78 is 16.1. The number of hydrogen-bond donors (Lipinski definition) is 2. The first-order valence-corrected chi connectivity index (χ1v) is 9.56. The lowest BCUT2D eigenvalue weighted by Gasteiger charge is -2.08. The van der Waals surface area contributed by atoms with Crippen molar-refractivity contribution in [3.63, 3.8) is 0 Å². The minimum atomic E-state index is 0.0257. The summed E-state index contributed by atoms with van der Waals surface area (Å²) in [6.07, 6.45) is 5.48. The Hall–Kier alpha value is -3.00. The normalized spacial score (nSPS) is 11.3. The van der Waals surface area contributed by atoms with Gasteiger partial charge in [-0.1, -0.05) is 12.1 Å². The van der Waals surface area contributed by atoms with Crippen molar-refractivity contribution in [1.82, 2.24) is 15.0 Å². The lowest BCUT2D eigenvalue weighted by Crippen LogP contribution is -2.12. The number of H-pyrrole nitrogens is 1. The molecule has 3 aromatic heterocycles. The fourth-order valence-electron chi connectivity index (χ4n) is 3.15. The summed E-state index contributed by atoms with van der Waals surface area (Å²) in [5.41, 5.74) is 4.26. The van der Waals surface area contributed by atoms with Crippen molar-refractivity contribution >= 4 is 21.8 Å². The highest BCUT2D eigenvalue weighted by Gasteiger charge is 2.07. The maximum atomic E-state index is 8.61. The van der Waals surface area contributed by atoms with Crippen molar-refractivity contribution in [3.05, 3.63) is 55.0 Å². The van der Waals surface area contributed by atoms with Crippen molar-refractivity contribution in [2.75, 3.05) is 39.6 Å². The number of fused-ring (bicyclic) bond motifs is 3. The third kappa shape index (κ3) is 4.71. The van der Waals surface area contributed by atoms with Gasteiger partial charge in [0.2, 0.25) is 5.88 Å². The van der Waals surface area contributed by atoms with E-state index in [1.165, 1.54) is 0 Å². The Morgan fingerprint density at radius 1 is 0.793 bits per heavy atom. The van der Waals surface area contributed by atoms with Crippen molar-refractivity contribution in [1.29, 1.82) is 0 Å². The zero-order valence-corrected chi connectivity index (χ0v) is 16.0. The molecule has 0 spiro atoms. The molecule has 0 amide bonds. The molecule has 4 rings (SSSR count). The number of nitrogens with zero attached hydrogens (tertiary/aromatic N) is 2. The molecule has 0 aliphatic carbocycles. The van der Waals surface area contributed by atoms with E-state index >= 15 is 0 Å². The van der Waals surface area contributed by atoms with Gasteiger partial charge in [0.25, 0.3) is 0 Å². The SMILES string of the molecule is OCCOCCOCCOc1ccc(-c2ccc3c(c2)[nH]c2ccncc23)cn1. The van der Waals surface area contributed by atoms with Crippen molar-refractivity contribution < 1.29 is 19.3 Å². The quantitative estimate of drug-likeness (QED) is 0.402. The Balaban J connectivity index is 1.33. The molecule has 29 heavy (non-hydrogen) atoms. The van der Waals surface area contributed by atoms with Crippen LogP contribution >= 0.6 is 0 Å². The van der Waals surface area contributed by atoms with E-state index in [-0.39, 0.29) is 6.61 Å². The molecule has 150 valence electrons. The number of nitrogens with one attached hydrogen (secondary N) is 1. The molecule has 0 aliphatic rings. The first-order chi connectivity index (χ1) is 14.3. The Morgan fingerprint density at radius 2 is 1.62 bits per heavy atom. The maximum absolute atomic E-state index is 8.61. The first-order valence-electron chi connectivity index (χ1n) is 9.56. The van der Waals surface area contributed by atoms with Gasteiger partial charge in [-0.25, -0.2) is 4.98 Å². The van der Waals surface area contributed by atoms with Gasteiger partial charge in [0.15, 0.2) is 0 Å². The fourth-order valence-corrected chi connectivity index (χ4v) is 3.15. The highest BCUT2D eigenvalue weighted by molar-refractivity contribution is 6.07. The van der Waals surface area contributed by atoms with Gasteiger partial charge in [-0.3, -0.25) is 4.98 Å². The average molecular weight is 393 g/mol. The number of rotatable bonds is 10. The Kier molecular flexibility index (Phi) is 6.31. The summed E-state index contributed by atoms with van der Waals surface area (Å²) in [4.78, 5) is 12.0. The highest BCUT2D eigenvalue weighted by Crippen LogP contribution is 2.29. The van der Waals surface area contributed by atoms with Crippen LogP contribution in [0.2, 0.25) is 0 Å². The molecular formula is C22H23N3O4. The van der Waals surface area contributed by atoms with Gasteiger partial charge in [-0.2, -0.15) is 0 Å². The fraction of sp³-hybridized carbons (Fsp3) is 0.273. The van der Waals surface area contributed by atoms with E-state index in [2.05, 4.69) is 33.2 Å². The molecule has 0 atom stereocenters. The first kappa shape index (κ1) is 19.3. The highest BCUT2D eigenvalue weighted by atomic mass is 16.5. The monoisotopic (exact) mass is 393 g/mol. The van der Waals surface area contributed by atoms with Crippen molar-refractivity contribution in [2.45, 2.75) is 0 Å². The van der Waals surface area contributed by atoms with Crippen LogP contribution < -0.4 is 4.74 Å². The van der Waals surface area contributed by atoms with Gasteiger partial charge >= 0.3 is 0 Å². The van der Waals surface area contributed by atoms with E-state index in [4.69, 9.17) is 19.3 Å². The molecule has 0 fully saturated rings. The van der Waals surface area contributed by atoms with E-state index in [1.54, 1.807) is 6.20 Å². The number of aromatic amines is 1. The van der Waals surface area contributed by atoms with Crippen LogP contribution in [0.4, 0.5) is 0 Å². The molecule has 0 saturated carbocycles. The molecule has 0 bridgehead atoms.